The number of ether oxygens (including phenoxy) is 1. The van der Waals surface area contributed by atoms with Crippen molar-refractivity contribution in [1.82, 2.24) is 29.8 Å². The van der Waals surface area contributed by atoms with Crippen molar-refractivity contribution in [3.05, 3.63) is 60.4 Å². The molecule has 2 aromatic heterocycles. The van der Waals surface area contributed by atoms with Crippen molar-refractivity contribution >= 4 is 17.7 Å². The highest BCUT2D eigenvalue weighted by atomic mass is 19.1. The molecule has 0 radical (unpaired) electrons. The molecule has 4 fully saturated rings. The van der Waals surface area contributed by atoms with Gasteiger partial charge in [-0.25, -0.2) is 13.9 Å². The molecule has 0 N–H and O–H groups in total. The minimum Gasteiger partial charge on any atom is -0.442 e. The van der Waals surface area contributed by atoms with Crippen LogP contribution in [-0.4, -0.2) is 87.2 Å². The van der Waals surface area contributed by atoms with Crippen molar-refractivity contribution in [2.24, 2.45) is 11.8 Å². The van der Waals surface area contributed by atoms with Crippen LogP contribution in [0.3, 0.4) is 0 Å². The average Bonchev–Trinajstić information content (AvgIpc) is 3.51. The maximum Gasteiger partial charge on any atom is 0.414 e. The third-order valence-corrected chi connectivity index (χ3v) is 9.23. The molecule has 4 aliphatic rings. The van der Waals surface area contributed by atoms with Gasteiger partial charge < -0.3 is 9.64 Å². The van der Waals surface area contributed by atoms with Gasteiger partial charge in [0.1, 0.15) is 17.3 Å². The number of hydrogen-bond donors (Lipinski definition) is 0. The van der Waals surface area contributed by atoms with E-state index in [1.165, 1.54) is 17.4 Å². The number of nitrogens with zero attached hydrogens (tertiary/aromatic N) is 8. The molecule has 2 amide bonds. The predicted molar refractivity (Wildman–Crippen MR) is 148 cm³/mol. The van der Waals surface area contributed by atoms with Gasteiger partial charge in [-0.3, -0.25) is 19.6 Å². The highest BCUT2D eigenvalue weighted by molar-refractivity contribution is 5.90. The number of hydrogen-bond acceptors (Lipinski definition) is 8. The molecule has 3 aliphatic heterocycles. The lowest BCUT2D eigenvalue weighted by Crippen LogP contribution is -2.43. The van der Waals surface area contributed by atoms with E-state index < -0.39 is 23.4 Å². The van der Waals surface area contributed by atoms with Crippen molar-refractivity contribution in [2.75, 3.05) is 44.2 Å². The van der Waals surface area contributed by atoms with E-state index in [1.807, 2.05) is 4.90 Å². The number of aromatic nitrogens is 4. The molecule has 42 heavy (non-hydrogen) atoms. The molecule has 11 nitrogen and oxygen atoms in total. The summed E-state index contributed by atoms with van der Waals surface area (Å²) >= 11 is 0. The summed E-state index contributed by atoms with van der Waals surface area (Å²) in [5.41, 5.74) is 1.29. The Bertz CT molecular complexity index is 1520. The number of halogens is 1. The molecular weight excluding hydrogens is 539 g/mol. The summed E-state index contributed by atoms with van der Waals surface area (Å²) in [6, 6.07) is 10.7. The van der Waals surface area contributed by atoms with Crippen LogP contribution in [0.25, 0.3) is 11.1 Å². The van der Waals surface area contributed by atoms with E-state index in [-0.39, 0.29) is 24.3 Å². The van der Waals surface area contributed by atoms with Crippen molar-refractivity contribution in [1.29, 1.82) is 5.26 Å². The van der Waals surface area contributed by atoms with Crippen LogP contribution in [-0.2, 0) is 21.5 Å². The lowest BCUT2D eigenvalue weighted by Gasteiger charge is -2.29. The SMILES string of the molecule is N#CC1(c2ccc(-c3ccc(N4C[C@H](Cn5ccnn5)OC4=O)cc3F)cn2)C2CN(C(=O)CN3CCCCC3)CC21. The van der Waals surface area contributed by atoms with Gasteiger partial charge in [-0.05, 0) is 50.2 Å². The van der Waals surface area contributed by atoms with Crippen LogP contribution in [0.2, 0.25) is 0 Å². The Hall–Kier alpha value is -4.37. The third kappa shape index (κ3) is 4.58. The van der Waals surface area contributed by atoms with E-state index in [0.717, 1.165) is 25.9 Å². The number of benzene rings is 1. The highest BCUT2D eigenvalue weighted by Crippen LogP contribution is 2.62. The second-order valence-electron chi connectivity index (χ2n) is 11.7. The van der Waals surface area contributed by atoms with Gasteiger partial charge in [0.05, 0.1) is 43.3 Å². The van der Waals surface area contributed by atoms with Crippen molar-refractivity contribution in [3.8, 4) is 17.2 Å². The number of carbonyl (C=O) groups is 2. The van der Waals surface area contributed by atoms with Crippen molar-refractivity contribution < 1.29 is 18.7 Å². The number of piperidine rings is 2. The summed E-state index contributed by atoms with van der Waals surface area (Å²) in [7, 11) is 0. The molecule has 0 spiro atoms. The number of rotatable bonds is 7. The normalized spacial score (nSPS) is 27.0. The van der Waals surface area contributed by atoms with E-state index in [9.17, 15) is 14.9 Å². The first kappa shape index (κ1) is 26.5. The summed E-state index contributed by atoms with van der Waals surface area (Å²) in [6.07, 6.45) is 7.39. The Kier molecular flexibility index (Phi) is 6.61. The molecule has 12 heteroatoms. The molecule has 0 bridgehead atoms. The summed E-state index contributed by atoms with van der Waals surface area (Å²) in [4.78, 5) is 35.5. The van der Waals surface area contributed by atoms with Crippen LogP contribution in [0.5, 0.6) is 0 Å². The zero-order chi connectivity index (χ0) is 28.8. The first-order chi connectivity index (χ1) is 20.5. The molecular formula is C30H31FN8O3. The molecule has 1 saturated carbocycles. The number of pyridine rings is 1. The van der Waals surface area contributed by atoms with Gasteiger partial charge in [0, 0.05) is 48.4 Å². The fraction of sp³-hybridized carbons (Fsp3) is 0.467. The Balaban J connectivity index is 1.00. The molecule has 3 aromatic rings. The van der Waals surface area contributed by atoms with Gasteiger partial charge in [-0.15, -0.1) is 5.10 Å². The molecule has 1 aromatic carbocycles. The Morgan fingerprint density at radius 2 is 1.93 bits per heavy atom. The number of likely N-dealkylation sites (tertiary alicyclic amines) is 2. The molecule has 5 heterocycles. The van der Waals surface area contributed by atoms with Crippen LogP contribution < -0.4 is 4.90 Å². The Morgan fingerprint density at radius 3 is 2.60 bits per heavy atom. The Labute approximate surface area is 242 Å². The first-order valence-corrected chi connectivity index (χ1v) is 14.5. The monoisotopic (exact) mass is 570 g/mol. The van der Waals surface area contributed by atoms with Gasteiger partial charge in [0.2, 0.25) is 5.91 Å². The number of carbonyl (C=O) groups excluding carboxylic acids is 2. The maximum atomic E-state index is 15.3. The lowest BCUT2D eigenvalue weighted by atomic mass is 9.95. The van der Waals surface area contributed by atoms with Gasteiger partial charge in [0.15, 0.2) is 0 Å². The smallest absolute Gasteiger partial charge is 0.414 e. The summed E-state index contributed by atoms with van der Waals surface area (Å²) in [6.45, 7) is 4.19. The van der Waals surface area contributed by atoms with Crippen LogP contribution in [0.4, 0.5) is 14.9 Å². The fourth-order valence-electron chi connectivity index (χ4n) is 6.92. The first-order valence-electron chi connectivity index (χ1n) is 14.5. The molecule has 3 atom stereocenters. The zero-order valence-electron chi connectivity index (χ0n) is 23.1. The van der Waals surface area contributed by atoms with Crippen molar-refractivity contribution in [3.63, 3.8) is 0 Å². The van der Waals surface area contributed by atoms with E-state index in [1.54, 1.807) is 47.5 Å². The summed E-state index contributed by atoms with van der Waals surface area (Å²) < 4.78 is 22.3. The van der Waals surface area contributed by atoms with E-state index >= 15 is 4.39 Å². The number of anilines is 1. The lowest BCUT2D eigenvalue weighted by molar-refractivity contribution is -0.132. The second-order valence-corrected chi connectivity index (χ2v) is 11.7. The largest absolute Gasteiger partial charge is 0.442 e. The molecule has 2 unspecified atom stereocenters. The van der Waals surface area contributed by atoms with Crippen LogP contribution in [0.1, 0.15) is 25.0 Å². The van der Waals surface area contributed by atoms with Crippen molar-refractivity contribution in [2.45, 2.75) is 37.3 Å². The summed E-state index contributed by atoms with van der Waals surface area (Å²) in [5, 5.41) is 17.8. The van der Waals surface area contributed by atoms with Gasteiger partial charge in [-0.1, -0.05) is 17.7 Å². The zero-order valence-corrected chi connectivity index (χ0v) is 23.1. The highest BCUT2D eigenvalue weighted by Gasteiger charge is 2.71. The van der Waals surface area contributed by atoms with E-state index in [2.05, 4.69) is 26.3 Å². The van der Waals surface area contributed by atoms with Gasteiger partial charge >= 0.3 is 6.09 Å². The predicted octanol–water partition coefficient (Wildman–Crippen LogP) is 2.84. The number of fused-ring (bicyclic) bond motifs is 1. The third-order valence-electron chi connectivity index (χ3n) is 9.23. The number of amides is 2. The van der Waals surface area contributed by atoms with Gasteiger partial charge in [0.25, 0.3) is 0 Å². The second kappa shape index (κ2) is 10.5. The standard InChI is InChI=1S/C30H31FN8O3/c31-26-12-21(39-15-22(42-29(39)41)14-38-11-8-34-35-38)5-6-23(26)20-4-7-27(33-13-20)30(19-32)24-16-37(17-25(24)30)28(40)18-36-9-2-1-3-10-36/h4-8,11-13,22,24-25H,1-3,9-10,14-18H2/t22-,24?,25?,30?/m0/s1. The number of nitriles is 1. The molecule has 1 aliphatic carbocycles. The van der Waals surface area contributed by atoms with E-state index in [4.69, 9.17) is 4.74 Å². The summed E-state index contributed by atoms with van der Waals surface area (Å²) in [5.74, 6) is -0.214. The topological polar surface area (TPSA) is 120 Å². The van der Waals surface area contributed by atoms with Crippen LogP contribution in [0, 0.1) is 29.0 Å². The molecule has 216 valence electrons. The maximum absolute atomic E-state index is 15.3. The average molecular weight is 571 g/mol. The molecule has 7 rings (SSSR count). The van der Waals surface area contributed by atoms with Crippen LogP contribution >= 0.6 is 0 Å². The minimum atomic E-state index is -0.707. The van der Waals surface area contributed by atoms with Crippen LogP contribution in [0.15, 0.2) is 48.9 Å². The fourth-order valence-corrected chi connectivity index (χ4v) is 6.92. The number of cyclic esters (lactones) is 1. The minimum absolute atomic E-state index is 0.0655. The molecule has 3 saturated heterocycles. The quantitative estimate of drug-likeness (QED) is 0.425. The van der Waals surface area contributed by atoms with Gasteiger partial charge in [-0.2, -0.15) is 5.26 Å². The van der Waals surface area contributed by atoms with E-state index in [0.29, 0.717) is 48.7 Å². The Morgan fingerprint density at radius 1 is 1.12 bits per heavy atom.